The zero-order valence-corrected chi connectivity index (χ0v) is 10.4. The maximum absolute atomic E-state index is 11.8. The van der Waals surface area contributed by atoms with Gasteiger partial charge in [-0.15, -0.1) is 11.8 Å². The minimum Gasteiger partial charge on any atom is -0.394 e. The first-order valence-corrected chi connectivity index (χ1v) is 6.45. The SMILES string of the molecule is O=Cc1ccc2c(c1)N(CC(O)CO)C(=O)CS2. The molecule has 0 spiro atoms. The largest absolute Gasteiger partial charge is 0.394 e. The van der Waals surface area contributed by atoms with E-state index in [1.54, 1.807) is 18.2 Å². The molecule has 1 unspecified atom stereocenters. The van der Waals surface area contributed by atoms with Gasteiger partial charge in [-0.05, 0) is 12.1 Å². The number of benzene rings is 1. The lowest BCUT2D eigenvalue weighted by molar-refractivity contribution is -0.116. The summed E-state index contributed by atoms with van der Waals surface area (Å²) in [5.41, 5.74) is 1.10. The number of hydrogen-bond acceptors (Lipinski definition) is 5. The van der Waals surface area contributed by atoms with E-state index in [4.69, 9.17) is 5.11 Å². The molecule has 5 nitrogen and oxygen atoms in total. The van der Waals surface area contributed by atoms with Crippen LogP contribution in [0.1, 0.15) is 10.4 Å². The lowest BCUT2D eigenvalue weighted by Crippen LogP contribution is -2.41. The molecule has 0 saturated heterocycles. The first-order chi connectivity index (χ1) is 8.65. The molecule has 0 aromatic heterocycles. The maximum atomic E-state index is 11.8. The highest BCUT2D eigenvalue weighted by Crippen LogP contribution is 2.35. The minimum absolute atomic E-state index is 0.0329. The molecule has 2 N–H and O–H groups in total. The zero-order valence-electron chi connectivity index (χ0n) is 9.57. The number of carbonyl (C=O) groups excluding carboxylic acids is 2. The van der Waals surface area contributed by atoms with Crippen molar-refractivity contribution in [1.82, 2.24) is 0 Å². The van der Waals surface area contributed by atoms with Gasteiger partial charge in [0.25, 0.3) is 0 Å². The first-order valence-electron chi connectivity index (χ1n) is 5.47. The van der Waals surface area contributed by atoms with Crippen LogP contribution in [-0.2, 0) is 4.79 Å². The van der Waals surface area contributed by atoms with Crippen LogP contribution in [0.2, 0.25) is 0 Å². The van der Waals surface area contributed by atoms with Crippen molar-refractivity contribution in [2.75, 3.05) is 23.8 Å². The van der Waals surface area contributed by atoms with E-state index >= 15 is 0 Å². The summed E-state index contributed by atoms with van der Waals surface area (Å²) in [6.45, 7) is -0.370. The van der Waals surface area contributed by atoms with E-state index in [9.17, 15) is 14.7 Å². The van der Waals surface area contributed by atoms with E-state index in [1.807, 2.05) is 0 Å². The van der Waals surface area contributed by atoms with Gasteiger partial charge in [0, 0.05) is 10.5 Å². The van der Waals surface area contributed by atoms with Gasteiger partial charge in [0.05, 0.1) is 30.7 Å². The van der Waals surface area contributed by atoms with E-state index in [1.165, 1.54) is 16.7 Å². The van der Waals surface area contributed by atoms with E-state index in [-0.39, 0.29) is 12.5 Å². The molecule has 0 saturated carbocycles. The average molecular weight is 267 g/mol. The Morgan fingerprint density at radius 3 is 2.94 bits per heavy atom. The number of thioether (sulfide) groups is 1. The van der Waals surface area contributed by atoms with Crippen LogP contribution in [0.25, 0.3) is 0 Å². The molecule has 1 atom stereocenters. The smallest absolute Gasteiger partial charge is 0.237 e. The predicted molar refractivity (Wildman–Crippen MR) is 68.0 cm³/mol. The van der Waals surface area contributed by atoms with Gasteiger partial charge in [-0.2, -0.15) is 0 Å². The summed E-state index contributed by atoms with van der Waals surface area (Å²) in [6, 6.07) is 5.10. The fourth-order valence-corrected chi connectivity index (χ4v) is 2.68. The van der Waals surface area contributed by atoms with Crippen molar-refractivity contribution in [1.29, 1.82) is 0 Å². The molecule has 1 aromatic carbocycles. The van der Waals surface area contributed by atoms with Crippen LogP contribution in [0.4, 0.5) is 5.69 Å². The minimum atomic E-state index is -0.982. The van der Waals surface area contributed by atoms with Crippen molar-refractivity contribution >= 4 is 29.6 Å². The number of aliphatic hydroxyl groups excluding tert-OH is 2. The number of anilines is 1. The fourth-order valence-electron chi connectivity index (χ4n) is 1.76. The number of nitrogens with zero attached hydrogens (tertiary/aromatic N) is 1. The first kappa shape index (κ1) is 13.1. The molecule has 6 heteroatoms. The molecule has 96 valence electrons. The van der Waals surface area contributed by atoms with Gasteiger partial charge in [0.15, 0.2) is 0 Å². The Balaban J connectivity index is 2.35. The summed E-state index contributed by atoms with van der Waals surface area (Å²) in [5, 5.41) is 18.3. The van der Waals surface area contributed by atoms with Gasteiger partial charge in [0.1, 0.15) is 6.29 Å². The molecule has 1 heterocycles. The Bertz CT molecular complexity index is 477. The third-order valence-electron chi connectivity index (χ3n) is 2.67. The predicted octanol–water partition coefficient (Wildman–Crippen LogP) is 0.291. The second-order valence-electron chi connectivity index (χ2n) is 3.97. The maximum Gasteiger partial charge on any atom is 0.237 e. The van der Waals surface area contributed by atoms with Gasteiger partial charge in [-0.3, -0.25) is 9.59 Å². The second-order valence-corrected chi connectivity index (χ2v) is 4.99. The lowest BCUT2D eigenvalue weighted by Gasteiger charge is -2.30. The Kier molecular flexibility index (Phi) is 4.00. The number of rotatable bonds is 4. The summed E-state index contributed by atoms with van der Waals surface area (Å²) in [6.07, 6.45) is -0.269. The number of hydrogen-bond donors (Lipinski definition) is 2. The Morgan fingerprint density at radius 1 is 1.50 bits per heavy atom. The number of aliphatic hydroxyl groups is 2. The van der Waals surface area contributed by atoms with Crippen LogP contribution in [0.3, 0.4) is 0 Å². The Labute approximate surface area is 108 Å². The molecule has 1 aromatic rings. The highest BCUT2D eigenvalue weighted by Gasteiger charge is 2.26. The van der Waals surface area contributed by atoms with Gasteiger partial charge < -0.3 is 15.1 Å². The van der Waals surface area contributed by atoms with E-state index < -0.39 is 12.7 Å². The number of carbonyl (C=O) groups is 2. The van der Waals surface area contributed by atoms with Gasteiger partial charge >= 0.3 is 0 Å². The molecule has 0 fully saturated rings. The molecule has 18 heavy (non-hydrogen) atoms. The lowest BCUT2D eigenvalue weighted by atomic mass is 10.2. The molecule has 1 aliphatic heterocycles. The second kappa shape index (κ2) is 5.51. The topological polar surface area (TPSA) is 77.8 Å². The summed E-state index contributed by atoms with van der Waals surface area (Å²) >= 11 is 1.40. The van der Waals surface area contributed by atoms with E-state index in [0.717, 1.165) is 4.90 Å². The number of amides is 1. The number of β-amino-alcohol motifs (C(OH)–C–C–N with tert-alkyl or cyclic N) is 1. The van der Waals surface area contributed by atoms with E-state index in [2.05, 4.69) is 0 Å². The molecular formula is C12H13NO4S. The Morgan fingerprint density at radius 2 is 2.28 bits per heavy atom. The molecular weight excluding hydrogens is 254 g/mol. The monoisotopic (exact) mass is 267 g/mol. The van der Waals surface area contributed by atoms with Crippen LogP contribution >= 0.6 is 11.8 Å². The molecule has 1 amide bonds. The quantitative estimate of drug-likeness (QED) is 0.767. The molecule has 0 radical (unpaired) electrons. The molecule has 2 rings (SSSR count). The summed E-state index contributed by atoms with van der Waals surface area (Å²) in [4.78, 5) is 24.9. The van der Waals surface area contributed by atoms with Gasteiger partial charge in [-0.25, -0.2) is 0 Å². The third kappa shape index (κ3) is 2.55. The number of aldehydes is 1. The molecule has 0 aliphatic carbocycles. The van der Waals surface area contributed by atoms with Crippen molar-refractivity contribution in [2.24, 2.45) is 0 Å². The third-order valence-corrected chi connectivity index (χ3v) is 3.71. The van der Waals surface area contributed by atoms with Crippen molar-refractivity contribution in [3.8, 4) is 0 Å². The van der Waals surface area contributed by atoms with E-state index in [0.29, 0.717) is 23.3 Å². The van der Waals surface area contributed by atoms with Crippen LogP contribution in [0.5, 0.6) is 0 Å². The highest BCUT2D eigenvalue weighted by molar-refractivity contribution is 8.00. The number of fused-ring (bicyclic) bond motifs is 1. The van der Waals surface area contributed by atoms with Crippen molar-refractivity contribution in [2.45, 2.75) is 11.0 Å². The fraction of sp³-hybridized carbons (Fsp3) is 0.333. The molecule has 1 aliphatic rings. The van der Waals surface area contributed by atoms with Crippen LogP contribution in [0, 0.1) is 0 Å². The summed E-state index contributed by atoms with van der Waals surface area (Å²) in [7, 11) is 0. The molecule has 0 bridgehead atoms. The van der Waals surface area contributed by atoms with Crippen molar-refractivity contribution < 1.29 is 19.8 Å². The van der Waals surface area contributed by atoms with Crippen LogP contribution in [-0.4, -0.2) is 47.4 Å². The summed E-state index contributed by atoms with van der Waals surface area (Å²) < 4.78 is 0. The zero-order chi connectivity index (χ0) is 13.1. The van der Waals surface area contributed by atoms with Gasteiger partial charge in [-0.1, -0.05) is 6.07 Å². The standard InChI is InChI=1S/C12H13NO4S/c14-5-8-1-2-11-10(3-8)13(4-9(16)6-15)12(17)7-18-11/h1-3,5,9,15-16H,4,6-7H2. The average Bonchev–Trinajstić information content (AvgIpc) is 2.41. The summed E-state index contributed by atoms with van der Waals surface area (Å²) in [5.74, 6) is 0.161. The van der Waals surface area contributed by atoms with Crippen molar-refractivity contribution in [3.05, 3.63) is 23.8 Å². The highest BCUT2D eigenvalue weighted by atomic mass is 32.2. The van der Waals surface area contributed by atoms with Crippen LogP contribution in [0.15, 0.2) is 23.1 Å². The van der Waals surface area contributed by atoms with Gasteiger partial charge in [0.2, 0.25) is 5.91 Å². The van der Waals surface area contributed by atoms with Crippen LogP contribution < -0.4 is 4.90 Å². The normalized spacial score (nSPS) is 16.3. The Hall–Kier alpha value is -1.37. The van der Waals surface area contributed by atoms with Crippen molar-refractivity contribution in [3.63, 3.8) is 0 Å².